The average molecular weight is 609 g/mol. The number of benzene rings is 2. The molecule has 5 amide bonds. The van der Waals surface area contributed by atoms with Gasteiger partial charge in [0, 0.05) is 37.0 Å². The minimum absolute atomic E-state index is 0.119. The molecule has 2 aliphatic heterocycles. The van der Waals surface area contributed by atoms with Crippen LogP contribution in [-0.4, -0.2) is 83.7 Å². The minimum atomic E-state index is -0.527. The second kappa shape index (κ2) is 12.7. The average Bonchev–Trinajstić information content (AvgIpc) is 3.60. The van der Waals surface area contributed by atoms with Gasteiger partial charge in [-0.05, 0) is 51.1 Å². The summed E-state index contributed by atoms with van der Waals surface area (Å²) in [5.41, 5.74) is 2.15. The lowest BCUT2D eigenvalue weighted by Crippen LogP contribution is -2.50. The number of aromatic nitrogens is 1. The first kappa shape index (κ1) is 30.5. The maximum atomic E-state index is 13.7. The predicted octanol–water partition coefficient (Wildman–Crippen LogP) is 4.05. The number of urea groups is 2. The zero-order valence-corrected chi connectivity index (χ0v) is 25.2. The van der Waals surface area contributed by atoms with Crippen LogP contribution in [-0.2, 0) is 0 Å². The molecule has 14 heteroatoms. The van der Waals surface area contributed by atoms with E-state index in [9.17, 15) is 19.5 Å². The van der Waals surface area contributed by atoms with Gasteiger partial charge in [-0.3, -0.25) is 4.79 Å². The summed E-state index contributed by atoms with van der Waals surface area (Å²) in [5.74, 6) is 1.35. The van der Waals surface area contributed by atoms with Crippen LogP contribution >= 0.6 is 0 Å². The first-order valence-electron chi connectivity index (χ1n) is 14.2. The van der Waals surface area contributed by atoms with E-state index in [2.05, 4.69) is 21.1 Å². The fourth-order valence-electron chi connectivity index (χ4n) is 5.00. The number of fused-ring (bicyclic) bond motifs is 2. The van der Waals surface area contributed by atoms with E-state index < -0.39 is 18.2 Å². The number of aliphatic hydroxyl groups excluding tert-OH is 1. The number of carbonyl (C=O) groups excluding carboxylic acids is 3. The quantitative estimate of drug-likeness (QED) is 0.309. The highest BCUT2D eigenvalue weighted by molar-refractivity contribution is 6.02. The van der Waals surface area contributed by atoms with E-state index in [-0.39, 0.29) is 49.9 Å². The first-order chi connectivity index (χ1) is 21.0. The molecular weight excluding hydrogens is 572 g/mol. The van der Waals surface area contributed by atoms with Crippen molar-refractivity contribution in [3.05, 3.63) is 53.4 Å². The molecule has 3 heterocycles. The van der Waals surface area contributed by atoms with Crippen molar-refractivity contribution in [2.45, 2.75) is 39.8 Å². The van der Waals surface area contributed by atoms with Crippen molar-refractivity contribution in [1.29, 1.82) is 0 Å². The minimum Gasteiger partial charge on any atom is -0.487 e. The summed E-state index contributed by atoms with van der Waals surface area (Å²) >= 11 is 0. The van der Waals surface area contributed by atoms with Gasteiger partial charge in [0.15, 0.2) is 17.3 Å². The number of ether oxygens (including phenoxy) is 3. The number of anilines is 3. The Hall–Kier alpha value is -4.98. The maximum absolute atomic E-state index is 13.7. The van der Waals surface area contributed by atoms with E-state index in [4.69, 9.17) is 18.7 Å². The molecule has 44 heavy (non-hydrogen) atoms. The second-order valence-corrected chi connectivity index (χ2v) is 11.0. The Labute approximate surface area is 254 Å². The SMILES string of the molecule is Cc1noc(C)c1NC(=O)N(C)C[C@@H]1Oc2ccc(NC(=O)Nc3ccc4c(c3)OCO4)cc2C(=O)N([C@H](C)CO)C[C@H]1C. The molecule has 0 fully saturated rings. The van der Waals surface area contributed by atoms with Crippen LogP contribution in [0.1, 0.15) is 35.7 Å². The number of rotatable bonds is 7. The monoisotopic (exact) mass is 608 g/mol. The molecule has 14 nitrogen and oxygen atoms in total. The van der Waals surface area contributed by atoms with Gasteiger partial charge in [-0.2, -0.15) is 0 Å². The predicted molar refractivity (Wildman–Crippen MR) is 160 cm³/mol. The Morgan fingerprint density at radius 1 is 1.07 bits per heavy atom. The normalized spacial score (nSPS) is 18.0. The molecule has 0 saturated carbocycles. The van der Waals surface area contributed by atoms with Gasteiger partial charge >= 0.3 is 12.1 Å². The van der Waals surface area contributed by atoms with E-state index in [0.29, 0.717) is 45.8 Å². The number of hydrogen-bond acceptors (Lipinski definition) is 9. The van der Waals surface area contributed by atoms with Crippen LogP contribution in [0.5, 0.6) is 17.2 Å². The van der Waals surface area contributed by atoms with Crippen LogP contribution in [0.25, 0.3) is 0 Å². The molecule has 3 atom stereocenters. The van der Waals surface area contributed by atoms with E-state index >= 15 is 0 Å². The lowest BCUT2D eigenvalue weighted by molar-refractivity contribution is 0.0371. The van der Waals surface area contributed by atoms with Crippen LogP contribution < -0.4 is 30.2 Å². The Bertz CT molecular complexity index is 1540. The standard InChI is InChI=1S/C30H36N6O8/c1-16-12-36(17(2)14-37)28(38)22-10-20(31-29(39)32-21-7-9-24-25(11-21)42-15-41-24)6-8-23(22)43-26(16)13-35(5)30(40)33-27-18(3)34-44-19(27)4/h6-11,16-17,26,37H,12-15H2,1-5H3,(H,33,40)(H2,31,32,39)/t16-,17-,26+/m1/s1. The number of hydrogen-bond donors (Lipinski definition) is 4. The van der Waals surface area contributed by atoms with Gasteiger partial charge in [0.1, 0.15) is 23.2 Å². The van der Waals surface area contributed by atoms with Crippen molar-refractivity contribution in [2.75, 3.05) is 49.5 Å². The molecule has 0 bridgehead atoms. The van der Waals surface area contributed by atoms with Gasteiger partial charge in [0.05, 0.1) is 24.8 Å². The smallest absolute Gasteiger partial charge is 0.323 e. The number of aliphatic hydroxyl groups is 1. The van der Waals surface area contributed by atoms with Gasteiger partial charge < -0.3 is 49.6 Å². The molecule has 4 N–H and O–H groups in total. The topological polar surface area (TPSA) is 168 Å². The summed E-state index contributed by atoms with van der Waals surface area (Å²) in [4.78, 5) is 42.7. The van der Waals surface area contributed by atoms with Gasteiger partial charge in [-0.15, -0.1) is 0 Å². The van der Waals surface area contributed by atoms with Crippen LogP contribution in [0.3, 0.4) is 0 Å². The molecule has 0 saturated heterocycles. The van der Waals surface area contributed by atoms with Crippen molar-refractivity contribution in [1.82, 2.24) is 15.0 Å². The zero-order valence-electron chi connectivity index (χ0n) is 25.2. The molecule has 3 aromatic rings. The van der Waals surface area contributed by atoms with Crippen LogP contribution in [0.2, 0.25) is 0 Å². The summed E-state index contributed by atoms with van der Waals surface area (Å²) < 4.78 is 22.2. The number of amides is 5. The highest BCUT2D eigenvalue weighted by Crippen LogP contribution is 2.35. The molecule has 0 unspecified atom stereocenters. The molecule has 5 rings (SSSR count). The molecule has 234 valence electrons. The van der Waals surface area contributed by atoms with Gasteiger partial charge in [0.25, 0.3) is 5.91 Å². The number of aryl methyl sites for hydroxylation is 2. The summed E-state index contributed by atoms with van der Waals surface area (Å²) in [5, 5.41) is 22.1. The van der Waals surface area contributed by atoms with Crippen molar-refractivity contribution >= 4 is 35.0 Å². The van der Waals surface area contributed by atoms with Crippen molar-refractivity contribution in [2.24, 2.45) is 5.92 Å². The van der Waals surface area contributed by atoms with E-state index in [1.807, 2.05) is 6.92 Å². The lowest BCUT2D eigenvalue weighted by atomic mass is 9.99. The molecule has 2 aromatic carbocycles. The highest BCUT2D eigenvalue weighted by Gasteiger charge is 2.34. The fraction of sp³-hybridized carbons (Fsp3) is 0.400. The lowest BCUT2D eigenvalue weighted by Gasteiger charge is -2.38. The molecule has 0 aliphatic carbocycles. The molecule has 2 aliphatic rings. The van der Waals surface area contributed by atoms with E-state index in [1.54, 1.807) is 63.1 Å². The largest absolute Gasteiger partial charge is 0.487 e. The molecular formula is C30H36N6O8. The van der Waals surface area contributed by atoms with Gasteiger partial charge in [-0.25, -0.2) is 9.59 Å². The number of nitrogens with one attached hydrogen (secondary N) is 3. The van der Waals surface area contributed by atoms with Gasteiger partial charge in [-0.1, -0.05) is 12.1 Å². The van der Waals surface area contributed by atoms with Gasteiger partial charge in [0.2, 0.25) is 6.79 Å². The summed E-state index contributed by atoms with van der Waals surface area (Å²) in [6.07, 6.45) is -0.510. The highest BCUT2D eigenvalue weighted by atomic mass is 16.7. The Kier molecular flexibility index (Phi) is 8.81. The Morgan fingerprint density at radius 3 is 2.43 bits per heavy atom. The number of nitrogens with zero attached hydrogens (tertiary/aromatic N) is 3. The Morgan fingerprint density at radius 2 is 1.75 bits per heavy atom. The van der Waals surface area contributed by atoms with Crippen LogP contribution in [0, 0.1) is 19.8 Å². The summed E-state index contributed by atoms with van der Waals surface area (Å²) in [7, 11) is 1.65. The van der Waals surface area contributed by atoms with E-state index in [1.165, 1.54) is 11.0 Å². The molecule has 0 spiro atoms. The number of likely N-dealkylation sites (N-methyl/N-ethyl adjacent to an activating group) is 1. The zero-order chi connectivity index (χ0) is 31.5. The van der Waals surface area contributed by atoms with Crippen molar-refractivity contribution in [3.8, 4) is 17.2 Å². The third kappa shape index (κ3) is 6.49. The summed E-state index contributed by atoms with van der Waals surface area (Å²) in [6, 6.07) is 8.43. The first-order valence-corrected chi connectivity index (χ1v) is 14.2. The van der Waals surface area contributed by atoms with E-state index in [0.717, 1.165) is 0 Å². The summed E-state index contributed by atoms with van der Waals surface area (Å²) in [6.45, 7) is 7.48. The van der Waals surface area contributed by atoms with Crippen molar-refractivity contribution in [3.63, 3.8) is 0 Å². The fourth-order valence-corrected chi connectivity index (χ4v) is 5.00. The van der Waals surface area contributed by atoms with Crippen LogP contribution in [0.15, 0.2) is 40.9 Å². The number of carbonyl (C=O) groups is 3. The molecule has 1 aromatic heterocycles. The third-order valence-electron chi connectivity index (χ3n) is 7.62. The van der Waals surface area contributed by atoms with Crippen LogP contribution in [0.4, 0.5) is 26.7 Å². The second-order valence-electron chi connectivity index (χ2n) is 11.0. The Balaban J connectivity index is 1.34. The third-order valence-corrected chi connectivity index (χ3v) is 7.62. The maximum Gasteiger partial charge on any atom is 0.323 e. The molecule has 0 radical (unpaired) electrons. The van der Waals surface area contributed by atoms with Crippen molar-refractivity contribution < 1.29 is 38.2 Å².